The number of para-hydroxylation sites is 2. The van der Waals surface area contributed by atoms with Crippen LogP contribution >= 0.6 is 0 Å². The summed E-state index contributed by atoms with van der Waals surface area (Å²) in [7, 11) is 0. The molecule has 0 aromatic heterocycles. The van der Waals surface area contributed by atoms with E-state index in [0.717, 1.165) is 6.42 Å². The summed E-state index contributed by atoms with van der Waals surface area (Å²) in [6.45, 7) is 1.55. The van der Waals surface area contributed by atoms with Crippen molar-refractivity contribution in [3.05, 3.63) is 69.8 Å². The number of nitro benzene ring substituents is 1. The lowest BCUT2D eigenvalue weighted by Gasteiger charge is -2.26. The quantitative estimate of drug-likeness (QED) is 0.555. The molecule has 3 rings (SSSR count). The molecule has 2 aromatic carbocycles. The van der Waals surface area contributed by atoms with Crippen molar-refractivity contribution in [2.24, 2.45) is 0 Å². The number of benzene rings is 2. The minimum atomic E-state index is -0.784. The van der Waals surface area contributed by atoms with E-state index in [-0.39, 0.29) is 24.1 Å². The number of fused-ring (bicyclic) bond motifs is 1. The minimum Gasteiger partial charge on any atom is -0.484 e. The highest BCUT2D eigenvalue weighted by Crippen LogP contribution is 2.27. The molecule has 7 heteroatoms. The summed E-state index contributed by atoms with van der Waals surface area (Å²) in [4.78, 5) is 10.4. The van der Waals surface area contributed by atoms with Crippen LogP contribution in [0.3, 0.4) is 0 Å². The molecule has 1 aliphatic rings. The second-order valence-electron chi connectivity index (χ2n) is 6.16. The van der Waals surface area contributed by atoms with Gasteiger partial charge < -0.3 is 19.9 Å². The van der Waals surface area contributed by atoms with Crippen molar-refractivity contribution < 1.29 is 19.5 Å². The van der Waals surface area contributed by atoms with Gasteiger partial charge in [0.25, 0.3) is 0 Å². The number of hydrogen-bond donors (Lipinski definition) is 2. The number of aliphatic hydroxyl groups excluding tert-OH is 1. The van der Waals surface area contributed by atoms with E-state index in [1.54, 1.807) is 12.1 Å². The topological polar surface area (TPSA) is 93.9 Å². The van der Waals surface area contributed by atoms with E-state index < -0.39 is 11.0 Å². The second-order valence-corrected chi connectivity index (χ2v) is 6.16. The largest absolute Gasteiger partial charge is 0.484 e. The Bertz CT molecular complexity index is 752. The molecule has 1 aliphatic heterocycles. The molecule has 0 saturated carbocycles. The Balaban J connectivity index is 1.46. The van der Waals surface area contributed by atoms with Crippen LogP contribution in [-0.2, 0) is 11.2 Å². The third kappa shape index (κ3) is 4.57. The van der Waals surface area contributed by atoms with Gasteiger partial charge in [-0.15, -0.1) is 0 Å². The van der Waals surface area contributed by atoms with Crippen LogP contribution in [0.2, 0.25) is 0 Å². The molecule has 0 radical (unpaired) electrons. The average molecular weight is 358 g/mol. The Hall–Kier alpha value is -2.48. The highest BCUT2D eigenvalue weighted by atomic mass is 16.6. The molecule has 7 nitrogen and oxygen atoms in total. The van der Waals surface area contributed by atoms with Gasteiger partial charge >= 0.3 is 5.69 Å². The van der Waals surface area contributed by atoms with Crippen LogP contribution in [0, 0.1) is 10.1 Å². The van der Waals surface area contributed by atoms with Gasteiger partial charge in [-0.2, -0.15) is 0 Å². The van der Waals surface area contributed by atoms with Gasteiger partial charge in [-0.3, -0.25) is 10.1 Å². The summed E-state index contributed by atoms with van der Waals surface area (Å²) >= 11 is 0. The molecule has 0 spiro atoms. The lowest BCUT2D eigenvalue weighted by Crippen LogP contribution is -2.35. The molecule has 0 saturated heterocycles. The average Bonchev–Trinajstić information content (AvgIpc) is 2.66. The van der Waals surface area contributed by atoms with Crippen molar-refractivity contribution in [3.8, 4) is 5.75 Å². The summed E-state index contributed by atoms with van der Waals surface area (Å²) in [5.41, 5.74) is 2.36. The number of nitrogens with zero attached hydrogens (tertiary/aromatic N) is 1. The van der Waals surface area contributed by atoms with Gasteiger partial charge in [0.05, 0.1) is 17.6 Å². The van der Waals surface area contributed by atoms with E-state index in [2.05, 4.69) is 17.4 Å². The molecular weight excluding hydrogens is 336 g/mol. The Morgan fingerprint density at radius 2 is 2.04 bits per heavy atom. The Labute approximate surface area is 151 Å². The number of nitrogens with one attached hydrogen (secondary N) is 1. The number of rotatable bonds is 8. The maximum Gasteiger partial charge on any atom is 0.310 e. The fraction of sp³-hybridized carbons (Fsp3) is 0.368. The first-order chi connectivity index (χ1) is 12.6. The maximum atomic E-state index is 11.0. The van der Waals surface area contributed by atoms with Crippen molar-refractivity contribution in [1.82, 2.24) is 5.32 Å². The van der Waals surface area contributed by atoms with Gasteiger partial charge in [0.2, 0.25) is 0 Å². The van der Waals surface area contributed by atoms with Gasteiger partial charge in [0.15, 0.2) is 5.75 Å². The predicted octanol–water partition coefficient (Wildman–Crippen LogP) is 2.24. The Kier molecular flexibility index (Phi) is 6.17. The van der Waals surface area contributed by atoms with Gasteiger partial charge in [0, 0.05) is 19.2 Å². The molecule has 2 atom stereocenters. The number of ether oxygens (including phenoxy) is 2. The number of nitro groups is 1. The Morgan fingerprint density at radius 1 is 1.27 bits per heavy atom. The summed E-state index contributed by atoms with van der Waals surface area (Å²) in [5, 5.41) is 24.2. The fourth-order valence-corrected chi connectivity index (χ4v) is 3.00. The van der Waals surface area contributed by atoms with Crippen LogP contribution < -0.4 is 10.1 Å². The Morgan fingerprint density at radius 3 is 2.88 bits per heavy atom. The van der Waals surface area contributed by atoms with E-state index in [0.29, 0.717) is 19.7 Å². The zero-order valence-corrected chi connectivity index (χ0v) is 14.3. The molecule has 0 amide bonds. The number of hydrogen-bond acceptors (Lipinski definition) is 6. The van der Waals surface area contributed by atoms with Gasteiger partial charge in [-0.25, -0.2) is 0 Å². The van der Waals surface area contributed by atoms with E-state index in [9.17, 15) is 15.2 Å². The smallest absolute Gasteiger partial charge is 0.310 e. The highest BCUT2D eigenvalue weighted by Gasteiger charge is 2.20. The zero-order valence-electron chi connectivity index (χ0n) is 14.3. The first-order valence-corrected chi connectivity index (χ1v) is 8.59. The van der Waals surface area contributed by atoms with Crippen molar-refractivity contribution in [2.75, 3.05) is 26.3 Å². The van der Waals surface area contributed by atoms with E-state index in [1.807, 2.05) is 12.1 Å². The molecule has 0 bridgehead atoms. The molecule has 138 valence electrons. The monoisotopic (exact) mass is 358 g/mol. The molecular formula is C19H22N2O5. The first-order valence-electron chi connectivity index (χ1n) is 8.59. The van der Waals surface area contributed by atoms with Crippen LogP contribution in [0.25, 0.3) is 0 Å². The van der Waals surface area contributed by atoms with Gasteiger partial charge in [0.1, 0.15) is 12.7 Å². The van der Waals surface area contributed by atoms with Crippen molar-refractivity contribution in [2.45, 2.75) is 18.6 Å². The molecule has 2 aromatic rings. The third-order valence-corrected chi connectivity index (χ3v) is 4.30. The standard InChI is InChI=1S/C19H22N2O5/c22-15(13-26-18-8-4-3-7-17(18)21(23)24)11-20-12-19-16-6-2-1-5-14(16)9-10-25-19/h1-8,15,19-20,22H,9-13H2/t15-,19-/m1/s1. The molecule has 0 unspecified atom stereocenters. The lowest BCUT2D eigenvalue weighted by molar-refractivity contribution is -0.385. The summed E-state index contributed by atoms with van der Waals surface area (Å²) in [6, 6.07) is 14.3. The summed E-state index contributed by atoms with van der Waals surface area (Å²) in [6.07, 6.45) is 0.0934. The molecule has 0 aliphatic carbocycles. The zero-order chi connectivity index (χ0) is 18.4. The SMILES string of the molecule is O=[N+]([O-])c1ccccc1OC[C@H](O)CNC[C@H]1OCCc2ccccc21. The fourth-order valence-electron chi connectivity index (χ4n) is 3.00. The maximum absolute atomic E-state index is 11.0. The van der Waals surface area contributed by atoms with Crippen LogP contribution in [0.4, 0.5) is 5.69 Å². The molecule has 26 heavy (non-hydrogen) atoms. The highest BCUT2D eigenvalue weighted by molar-refractivity contribution is 5.45. The predicted molar refractivity (Wildman–Crippen MR) is 96.3 cm³/mol. The molecule has 0 fully saturated rings. The van der Waals surface area contributed by atoms with Gasteiger partial charge in [-0.05, 0) is 23.6 Å². The normalized spacial score (nSPS) is 17.3. The van der Waals surface area contributed by atoms with E-state index >= 15 is 0 Å². The third-order valence-electron chi connectivity index (χ3n) is 4.30. The van der Waals surface area contributed by atoms with E-state index in [4.69, 9.17) is 9.47 Å². The van der Waals surface area contributed by atoms with E-state index in [1.165, 1.54) is 23.3 Å². The minimum absolute atomic E-state index is 0.0278. The van der Waals surface area contributed by atoms with Crippen molar-refractivity contribution >= 4 is 5.69 Å². The summed E-state index contributed by atoms with van der Waals surface area (Å²) in [5.74, 6) is 0.154. The van der Waals surface area contributed by atoms with Crippen LogP contribution in [-0.4, -0.2) is 42.4 Å². The van der Waals surface area contributed by atoms with Crippen molar-refractivity contribution in [3.63, 3.8) is 0 Å². The van der Waals surface area contributed by atoms with Crippen LogP contribution in [0.1, 0.15) is 17.2 Å². The van der Waals surface area contributed by atoms with Crippen LogP contribution in [0.15, 0.2) is 48.5 Å². The molecule has 1 heterocycles. The summed E-state index contributed by atoms with van der Waals surface area (Å²) < 4.78 is 11.2. The van der Waals surface area contributed by atoms with Gasteiger partial charge in [-0.1, -0.05) is 36.4 Å². The lowest BCUT2D eigenvalue weighted by atomic mass is 9.97. The second kappa shape index (κ2) is 8.75. The molecule has 2 N–H and O–H groups in total. The number of aliphatic hydroxyl groups is 1. The first kappa shape index (κ1) is 18.3. The van der Waals surface area contributed by atoms with Crippen LogP contribution in [0.5, 0.6) is 5.75 Å². The van der Waals surface area contributed by atoms with Crippen molar-refractivity contribution in [1.29, 1.82) is 0 Å².